The Kier molecular flexibility index (Phi) is 3.72. The van der Waals surface area contributed by atoms with E-state index in [-0.39, 0.29) is 0 Å². The van der Waals surface area contributed by atoms with Crippen molar-refractivity contribution < 1.29 is 13.2 Å². The second kappa shape index (κ2) is 5.53. The average molecular weight is 291 g/mol. The molecule has 0 fully saturated rings. The van der Waals surface area contributed by atoms with Crippen molar-refractivity contribution in [2.24, 2.45) is 0 Å². The summed E-state index contributed by atoms with van der Waals surface area (Å²) >= 11 is 0. The summed E-state index contributed by atoms with van der Waals surface area (Å²) in [6.45, 7) is 1.72. The zero-order valence-corrected chi connectivity index (χ0v) is 11.5. The van der Waals surface area contributed by atoms with E-state index in [2.05, 4.69) is 17.4 Å². The van der Waals surface area contributed by atoms with E-state index >= 15 is 0 Å². The Morgan fingerprint density at radius 2 is 1.71 bits per heavy atom. The molecule has 3 rings (SSSR count). The van der Waals surface area contributed by atoms with Crippen molar-refractivity contribution in [1.29, 1.82) is 0 Å². The highest BCUT2D eigenvalue weighted by atomic mass is 19.4. The summed E-state index contributed by atoms with van der Waals surface area (Å²) < 4.78 is 37.7. The maximum Gasteiger partial charge on any atom is 0.416 e. The van der Waals surface area contributed by atoms with Crippen LogP contribution in [0.4, 0.5) is 13.2 Å². The van der Waals surface area contributed by atoms with Gasteiger partial charge in [-0.25, -0.2) is 0 Å². The van der Waals surface area contributed by atoms with Crippen LogP contribution in [0.15, 0.2) is 48.5 Å². The fourth-order valence-electron chi connectivity index (χ4n) is 2.88. The van der Waals surface area contributed by atoms with Gasteiger partial charge in [-0.2, -0.15) is 13.2 Å². The molecule has 2 aromatic carbocycles. The number of halogens is 3. The summed E-state index contributed by atoms with van der Waals surface area (Å²) in [7, 11) is 0. The third-order valence-electron chi connectivity index (χ3n) is 3.96. The highest BCUT2D eigenvalue weighted by molar-refractivity contribution is 5.35. The lowest BCUT2D eigenvalue weighted by molar-refractivity contribution is -0.137. The van der Waals surface area contributed by atoms with Crippen LogP contribution in [-0.4, -0.2) is 6.54 Å². The predicted octanol–water partition coefficient (Wildman–Crippen LogP) is 4.13. The predicted molar refractivity (Wildman–Crippen MR) is 76.0 cm³/mol. The van der Waals surface area contributed by atoms with Gasteiger partial charge in [0.2, 0.25) is 0 Å². The lowest BCUT2D eigenvalue weighted by Gasteiger charge is -2.26. The number of rotatable bonds is 2. The third kappa shape index (κ3) is 3.10. The monoisotopic (exact) mass is 291 g/mol. The highest BCUT2D eigenvalue weighted by Gasteiger charge is 2.30. The molecule has 1 atom stereocenters. The summed E-state index contributed by atoms with van der Waals surface area (Å²) in [4.78, 5) is 0. The van der Waals surface area contributed by atoms with E-state index in [1.54, 1.807) is 12.1 Å². The number of hydrogen-bond donors (Lipinski definition) is 1. The molecule has 1 unspecified atom stereocenters. The van der Waals surface area contributed by atoms with E-state index in [0.717, 1.165) is 37.2 Å². The Bertz CT molecular complexity index is 617. The summed E-state index contributed by atoms with van der Waals surface area (Å²) in [6.07, 6.45) is -3.51. The Balaban J connectivity index is 1.79. The first kappa shape index (κ1) is 14.1. The van der Waals surface area contributed by atoms with Crippen molar-refractivity contribution >= 4 is 0 Å². The van der Waals surface area contributed by atoms with Crippen LogP contribution in [0.5, 0.6) is 0 Å². The van der Waals surface area contributed by atoms with E-state index in [9.17, 15) is 13.2 Å². The molecular formula is C17H16F3N. The van der Waals surface area contributed by atoms with Crippen LogP contribution in [0.1, 0.15) is 28.2 Å². The third-order valence-corrected chi connectivity index (χ3v) is 3.96. The van der Waals surface area contributed by atoms with Gasteiger partial charge in [0.25, 0.3) is 0 Å². The fraction of sp³-hybridized carbons (Fsp3) is 0.294. The molecule has 0 spiro atoms. The lowest BCUT2D eigenvalue weighted by atomic mass is 9.86. The molecule has 0 saturated heterocycles. The molecule has 1 N–H and O–H groups in total. The highest BCUT2D eigenvalue weighted by Crippen LogP contribution is 2.31. The maximum absolute atomic E-state index is 12.6. The number of fused-ring (bicyclic) bond motifs is 1. The van der Waals surface area contributed by atoms with Gasteiger partial charge in [-0.3, -0.25) is 0 Å². The van der Waals surface area contributed by atoms with E-state index in [4.69, 9.17) is 0 Å². The summed E-state index contributed by atoms with van der Waals surface area (Å²) in [5.41, 5.74) is 2.93. The first-order valence-electron chi connectivity index (χ1n) is 6.99. The minimum Gasteiger partial charge on any atom is -0.312 e. The van der Waals surface area contributed by atoms with Crippen LogP contribution in [-0.2, 0) is 19.1 Å². The largest absolute Gasteiger partial charge is 0.416 e. The van der Waals surface area contributed by atoms with Crippen LogP contribution in [0.25, 0.3) is 0 Å². The summed E-state index contributed by atoms with van der Waals surface area (Å²) in [5.74, 6) is 0.312. The molecule has 1 nitrogen and oxygen atoms in total. The van der Waals surface area contributed by atoms with Crippen molar-refractivity contribution in [2.75, 3.05) is 6.54 Å². The van der Waals surface area contributed by atoms with Gasteiger partial charge < -0.3 is 5.32 Å². The normalized spacial score (nSPS) is 18.3. The number of alkyl halides is 3. The second-order valence-electron chi connectivity index (χ2n) is 5.43. The molecule has 0 aliphatic carbocycles. The molecular weight excluding hydrogens is 275 g/mol. The van der Waals surface area contributed by atoms with Crippen molar-refractivity contribution in [3.63, 3.8) is 0 Å². The van der Waals surface area contributed by atoms with Crippen molar-refractivity contribution in [3.05, 3.63) is 70.8 Å². The molecule has 0 saturated carbocycles. The van der Waals surface area contributed by atoms with Crippen molar-refractivity contribution in [3.8, 4) is 0 Å². The van der Waals surface area contributed by atoms with Gasteiger partial charge in [0, 0.05) is 19.0 Å². The van der Waals surface area contributed by atoms with E-state index in [0.29, 0.717) is 5.92 Å². The van der Waals surface area contributed by atoms with Crippen molar-refractivity contribution in [2.45, 2.75) is 25.1 Å². The van der Waals surface area contributed by atoms with Gasteiger partial charge in [0.05, 0.1) is 5.56 Å². The van der Waals surface area contributed by atoms with Gasteiger partial charge in [-0.1, -0.05) is 36.4 Å². The molecule has 1 aliphatic heterocycles. The standard InChI is InChI=1S/C17H16F3N/c18-17(19,20)15-7-5-12(6-8-15)9-14-11-21-10-13-3-1-2-4-16(13)14/h1-8,14,21H,9-11H2. The quantitative estimate of drug-likeness (QED) is 0.877. The minimum absolute atomic E-state index is 0.312. The molecule has 1 aliphatic rings. The number of benzene rings is 2. The van der Waals surface area contributed by atoms with Crippen molar-refractivity contribution in [1.82, 2.24) is 5.32 Å². The van der Waals surface area contributed by atoms with Gasteiger partial charge >= 0.3 is 6.18 Å². The Morgan fingerprint density at radius 1 is 1.00 bits per heavy atom. The smallest absolute Gasteiger partial charge is 0.312 e. The first-order chi connectivity index (χ1) is 10.0. The molecule has 0 radical (unpaired) electrons. The lowest BCUT2D eigenvalue weighted by Crippen LogP contribution is -2.29. The zero-order valence-electron chi connectivity index (χ0n) is 11.5. The molecule has 0 aromatic heterocycles. The molecule has 1 heterocycles. The minimum atomic E-state index is -4.27. The number of nitrogens with one attached hydrogen (secondary N) is 1. The molecule has 2 aromatic rings. The molecule has 0 amide bonds. The van der Waals surface area contributed by atoms with E-state index < -0.39 is 11.7 Å². The molecule has 4 heteroatoms. The van der Waals surface area contributed by atoms with E-state index in [1.807, 2.05) is 12.1 Å². The van der Waals surface area contributed by atoms with Gasteiger partial charge in [0.1, 0.15) is 0 Å². The van der Waals surface area contributed by atoms with Crippen LogP contribution >= 0.6 is 0 Å². The summed E-state index contributed by atoms with van der Waals surface area (Å²) in [6, 6.07) is 13.7. The Morgan fingerprint density at radius 3 is 2.43 bits per heavy atom. The Labute approximate surface area is 121 Å². The van der Waals surface area contributed by atoms with E-state index in [1.165, 1.54) is 11.1 Å². The first-order valence-corrected chi connectivity index (χ1v) is 6.99. The topological polar surface area (TPSA) is 12.0 Å². The van der Waals surface area contributed by atoms with Crippen LogP contribution in [0.2, 0.25) is 0 Å². The molecule has 21 heavy (non-hydrogen) atoms. The Hall–Kier alpha value is -1.81. The van der Waals surface area contributed by atoms with Crippen LogP contribution < -0.4 is 5.32 Å². The molecule has 110 valence electrons. The fourth-order valence-corrected chi connectivity index (χ4v) is 2.88. The van der Waals surface area contributed by atoms with Gasteiger partial charge in [0.15, 0.2) is 0 Å². The maximum atomic E-state index is 12.6. The SMILES string of the molecule is FC(F)(F)c1ccc(CC2CNCc3ccccc32)cc1. The zero-order chi connectivity index (χ0) is 14.9. The van der Waals surface area contributed by atoms with Gasteiger partial charge in [-0.15, -0.1) is 0 Å². The second-order valence-corrected chi connectivity index (χ2v) is 5.43. The van der Waals surface area contributed by atoms with Crippen LogP contribution in [0, 0.1) is 0 Å². The average Bonchev–Trinajstić information content (AvgIpc) is 2.47. The van der Waals surface area contributed by atoms with Gasteiger partial charge in [-0.05, 0) is 35.2 Å². The van der Waals surface area contributed by atoms with Crippen LogP contribution in [0.3, 0.4) is 0 Å². The molecule has 0 bridgehead atoms. The summed E-state index contributed by atoms with van der Waals surface area (Å²) in [5, 5.41) is 3.37. The number of hydrogen-bond acceptors (Lipinski definition) is 1.